The van der Waals surface area contributed by atoms with Crippen molar-refractivity contribution in [3.8, 4) is 5.75 Å². The molecule has 0 spiro atoms. The van der Waals surface area contributed by atoms with Crippen molar-refractivity contribution in [2.24, 2.45) is 0 Å². The average molecular weight is 528 g/mol. The van der Waals surface area contributed by atoms with E-state index in [9.17, 15) is 9.46 Å². The van der Waals surface area contributed by atoms with E-state index in [4.69, 9.17) is 15.0 Å². The van der Waals surface area contributed by atoms with E-state index in [-0.39, 0.29) is 13.0 Å². The summed E-state index contributed by atoms with van der Waals surface area (Å²) < 4.78 is 23.1. The number of aromatic nitrogens is 2. The van der Waals surface area contributed by atoms with E-state index < -0.39 is 7.60 Å². The van der Waals surface area contributed by atoms with Crippen LogP contribution in [0.4, 0.5) is 5.82 Å². The molecule has 8 heteroatoms. The summed E-state index contributed by atoms with van der Waals surface area (Å²) in [6, 6.07) is 23.2. The lowest BCUT2D eigenvalue weighted by molar-refractivity contribution is 0.105. The van der Waals surface area contributed by atoms with Gasteiger partial charge >= 0.3 is 7.60 Å². The van der Waals surface area contributed by atoms with Crippen LogP contribution < -0.4 is 10.5 Å². The fourth-order valence-electron chi connectivity index (χ4n) is 4.55. The third-order valence-electron chi connectivity index (χ3n) is 6.57. The Bertz CT molecular complexity index is 1660. The van der Waals surface area contributed by atoms with Gasteiger partial charge in [-0.1, -0.05) is 48.5 Å². The van der Waals surface area contributed by atoms with Gasteiger partial charge in [-0.2, -0.15) is 0 Å². The third kappa shape index (κ3) is 6.03. The Hall–Kier alpha value is -3.77. The number of pyridine rings is 2. The fourth-order valence-corrected chi connectivity index (χ4v) is 5.53. The molecule has 2 aromatic heterocycles. The minimum Gasteiger partial charge on any atom is -0.467 e. The van der Waals surface area contributed by atoms with Crippen LogP contribution in [0, 0.1) is 13.8 Å². The van der Waals surface area contributed by atoms with E-state index in [1.54, 1.807) is 12.1 Å². The summed E-state index contributed by atoms with van der Waals surface area (Å²) in [5.74, 6) is 1.03. The molecule has 0 amide bonds. The van der Waals surface area contributed by atoms with Crippen LogP contribution in [0.5, 0.6) is 5.75 Å². The van der Waals surface area contributed by atoms with Crippen LogP contribution >= 0.6 is 7.60 Å². The smallest absolute Gasteiger partial charge is 0.335 e. The van der Waals surface area contributed by atoms with Gasteiger partial charge in [0.25, 0.3) is 0 Å². The van der Waals surface area contributed by atoms with Crippen LogP contribution in [-0.2, 0) is 28.1 Å². The molecule has 0 bridgehead atoms. The number of hydrogen-bond donors (Lipinski definition) is 2. The quantitative estimate of drug-likeness (QED) is 0.128. The average Bonchev–Trinajstić information content (AvgIpc) is 2.88. The molecule has 0 saturated heterocycles. The maximum Gasteiger partial charge on any atom is 0.335 e. The molecule has 5 rings (SSSR count). The van der Waals surface area contributed by atoms with Crippen LogP contribution in [0.2, 0.25) is 0 Å². The van der Waals surface area contributed by atoms with Gasteiger partial charge in [0.2, 0.25) is 0 Å². The Morgan fingerprint density at radius 1 is 0.921 bits per heavy atom. The zero-order valence-corrected chi connectivity index (χ0v) is 22.3. The van der Waals surface area contributed by atoms with Crippen LogP contribution in [0.1, 0.15) is 27.8 Å². The van der Waals surface area contributed by atoms with Crippen molar-refractivity contribution in [1.82, 2.24) is 9.97 Å². The predicted octanol–water partition coefficient (Wildman–Crippen LogP) is 6.51. The molecule has 3 aromatic carbocycles. The van der Waals surface area contributed by atoms with Gasteiger partial charge in [0.15, 0.2) is 12.6 Å². The van der Waals surface area contributed by atoms with E-state index in [1.807, 2.05) is 62.5 Å². The van der Waals surface area contributed by atoms with Gasteiger partial charge in [-0.25, -0.2) is 4.98 Å². The molecule has 1 atom stereocenters. The Morgan fingerprint density at radius 2 is 1.74 bits per heavy atom. The van der Waals surface area contributed by atoms with E-state index in [1.165, 1.54) is 5.56 Å². The van der Waals surface area contributed by atoms with Crippen LogP contribution in [0.3, 0.4) is 0 Å². The molecule has 5 aromatic rings. The van der Waals surface area contributed by atoms with Crippen molar-refractivity contribution in [3.05, 3.63) is 107 Å². The van der Waals surface area contributed by atoms with Crippen molar-refractivity contribution in [3.63, 3.8) is 0 Å². The van der Waals surface area contributed by atoms with Crippen LogP contribution in [-0.4, -0.2) is 21.7 Å². The lowest BCUT2D eigenvalue weighted by atomic mass is 9.99. The number of aryl methyl sites for hydroxylation is 4. The number of benzene rings is 3. The lowest BCUT2D eigenvalue weighted by Crippen LogP contribution is -2.03. The van der Waals surface area contributed by atoms with Gasteiger partial charge in [0.05, 0.1) is 11.7 Å². The molecule has 0 aliphatic heterocycles. The van der Waals surface area contributed by atoms with Gasteiger partial charge in [0.1, 0.15) is 11.3 Å². The SMILES string of the molecule is Cc1ccc2c(c1)nc(N)c1ncc(CCc3ccc(OCOP(=O)(O)Cc4ccccc4)cc3C)cc12. The topological polar surface area (TPSA) is 108 Å². The Labute approximate surface area is 221 Å². The Balaban J connectivity index is 1.22. The van der Waals surface area contributed by atoms with Crippen molar-refractivity contribution in [2.45, 2.75) is 32.9 Å². The number of hydrogen-bond acceptors (Lipinski definition) is 6. The lowest BCUT2D eigenvalue weighted by Gasteiger charge is -2.14. The highest BCUT2D eigenvalue weighted by Crippen LogP contribution is 2.45. The first-order valence-corrected chi connectivity index (χ1v) is 14.2. The molecular weight excluding hydrogens is 497 g/mol. The molecule has 0 radical (unpaired) electrons. The standard InChI is InChI=1S/C30H30N3O4P/c1-20-8-13-26-27-16-23(17-32-29(27)30(31)33-28(26)14-20)9-10-24-11-12-25(15-21(24)2)36-19-37-38(34,35)18-22-6-4-3-5-7-22/h3-8,11-17H,9-10,18-19H2,1-2H3,(H2,31,33)(H,34,35). The van der Waals surface area contributed by atoms with Crippen molar-refractivity contribution >= 4 is 35.2 Å². The molecule has 0 saturated carbocycles. The summed E-state index contributed by atoms with van der Waals surface area (Å²) in [6.45, 7) is 3.77. The second kappa shape index (κ2) is 10.9. The van der Waals surface area contributed by atoms with E-state index in [2.05, 4.69) is 28.2 Å². The highest BCUT2D eigenvalue weighted by molar-refractivity contribution is 7.51. The molecular formula is C30H30N3O4P. The Kier molecular flexibility index (Phi) is 7.43. The zero-order valence-electron chi connectivity index (χ0n) is 21.4. The molecule has 194 valence electrons. The number of anilines is 1. The van der Waals surface area contributed by atoms with Crippen LogP contribution in [0.15, 0.2) is 79.0 Å². The Morgan fingerprint density at radius 3 is 2.53 bits per heavy atom. The summed E-state index contributed by atoms with van der Waals surface area (Å²) in [4.78, 5) is 19.3. The second-order valence-electron chi connectivity index (χ2n) is 9.52. The first-order chi connectivity index (χ1) is 18.3. The third-order valence-corrected chi connectivity index (χ3v) is 7.85. The number of fused-ring (bicyclic) bond motifs is 3. The van der Waals surface area contributed by atoms with Gasteiger partial charge in [-0.3, -0.25) is 14.1 Å². The van der Waals surface area contributed by atoms with Crippen molar-refractivity contribution < 1.29 is 18.7 Å². The maximum atomic E-state index is 12.3. The summed E-state index contributed by atoms with van der Waals surface area (Å²) in [5, 5.41) is 2.06. The molecule has 38 heavy (non-hydrogen) atoms. The molecule has 3 N–H and O–H groups in total. The molecule has 7 nitrogen and oxygen atoms in total. The summed E-state index contributed by atoms with van der Waals surface area (Å²) in [6.07, 6.45) is 3.46. The summed E-state index contributed by atoms with van der Waals surface area (Å²) >= 11 is 0. The maximum absolute atomic E-state index is 12.3. The van der Waals surface area contributed by atoms with Gasteiger partial charge in [-0.05, 0) is 78.8 Å². The minimum absolute atomic E-state index is 0.0582. The normalized spacial score (nSPS) is 13.0. The van der Waals surface area contributed by atoms with Crippen LogP contribution in [0.25, 0.3) is 21.8 Å². The van der Waals surface area contributed by atoms with Crippen molar-refractivity contribution in [2.75, 3.05) is 12.5 Å². The van der Waals surface area contributed by atoms with Gasteiger partial charge < -0.3 is 15.4 Å². The first-order valence-electron chi connectivity index (χ1n) is 12.4. The highest BCUT2D eigenvalue weighted by Gasteiger charge is 2.20. The van der Waals surface area contributed by atoms with Gasteiger partial charge in [0, 0.05) is 17.0 Å². The number of nitrogens with two attached hydrogens (primary N) is 1. The van der Waals surface area contributed by atoms with Crippen molar-refractivity contribution in [1.29, 1.82) is 0 Å². The number of nitrogens with zero attached hydrogens (tertiary/aromatic N) is 2. The highest BCUT2D eigenvalue weighted by atomic mass is 31.2. The van der Waals surface area contributed by atoms with E-state index >= 15 is 0 Å². The number of ether oxygens (including phenoxy) is 1. The van der Waals surface area contributed by atoms with E-state index in [0.717, 1.165) is 56.9 Å². The molecule has 2 heterocycles. The molecule has 0 aliphatic carbocycles. The molecule has 0 aliphatic rings. The number of rotatable bonds is 9. The summed E-state index contributed by atoms with van der Waals surface area (Å²) in [7, 11) is -3.80. The van der Waals surface area contributed by atoms with E-state index in [0.29, 0.717) is 11.6 Å². The summed E-state index contributed by atoms with van der Waals surface area (Å²) in [5.41, 5.74) is 13.0. The predicted molar refractivity (Wildman–Crippen MR) is 151 cm³/mol. The largest absolute Gasteiger partial charge is 0.467 e. The number of nitrogen functional groups attached to an aromatic ring is 1. The van der Waals surface area contributed by atoms with Gasteiger partial charge in [-0.15, -0.1) is 0 Å². The first kappa shape index (κ1) is 25.9. The second-order valence-corrected chi connectivity index (χ2v) is 11.4. The zero-order chi connectivity index (χ0) is 26.7. The fraction of sp³-hybridized carbons (Fsp3) is 0.200. The monoisotopic (exact) mass is 527 g/mol. The minimum atomic E-state index is -3.80. The molecule has 0 fully saturated rings. The molecule has 1 unspecified atom stereocenters.